The first-order valence-electron chi connectivity index (χ1n) is 6.08. The minimum absolute atomic E-state index is 0.0601. The maximum Gasteiger partial charge on any atom is 0.270 e. The zero-order chi connectivity index (χ0) is 14.4. The van der Waals surface area contributed by atoms with E-state index in [9.17, 15) is 14.9 Å². The quantitative estimate of drug-likeness (QED) is 0.457. The standard InChI is InChI=1S/C13H17BrN2O3/c1-10(2)15(8-4-7-14)13(17)11-5-3-6-12(9-11)16(18)19/h3,5-6,9-10H,4,7-8H2,1-2H3. The molecule has 19 heavy (non-hydrogen) atoms. The van der Waals surface area contributed by atoms with E-state index in [-0.39, 0.29) is 17.6 Å². The Morgan fingerprint density at radius 3 is 2.68 bits per heavy atom. The van der Waals surface area contributed by atoms with Crippen LogP contribution >= 0.6 is 15.9 Å². The van der Waals surface area contributed by atoms with Gasteiger partial charge in [-0.15, -0.1) is 0 Å². The van der Waals surface area contributed by atoms with Crippen LogP contribution in [0.3, 0.4) is 0 Å². The lowest BCUT2D eigenvalue weighted by Gasteiger charge is -2.26. The van der Waals surface area contributed by atoms with Gasteiger partial charge in [0.15, 0.2) is 0 Å². The second-order valence-corrected chi connectivity index (χ2v) is 5.24. The fraction of sp³-hybridized carbons (Fsp3) is 0.462. The van der Waals surface area contributed by atoms with Crippen molar-refractivity contribution in [1.29, 1.82) is 0 Å². The largest absolute Gasteiger partial charge is 0.336 e. The van der Waals surface area contributed by atoms with Crippen LogP contribution in [0.2, 0.25) is 0 Å². The van der Waals surface area contributed by atoms with Crippen molar-refractivity contribution < 1.29 is 9.72 Å². The summed E-state index contributed by atoms with van der Waals surface area (Å²) in [6, 6.07) is 5.92. The molecule has 0 aliphatic rings. The Balaban J connectivity index is 2.95. The molecule has 0 fully saturated rings. The van der Waals surface area contributed by atoms with Gasteiger partial charge in [-0.2, -0.15) is 0 Å². The molecule has 0 saturated carbocycles. The maximum atomic E-state index is 12.4. The van der Waals surface area contributed by atoms with Gasteiger partial charge in [0, 0.05) is 35.6 Å². The monoisotopic (exact) mass is 328 g/mol. The van der Waals surface area contributed by atoms with Crippen molar-refractivity contribution in [3.63, 3.8) is 0 Å². The van der Waals surface area contributed by atoms with Crippen molar-refractivity contribution >= 4 is 27.5 Å². The number of hydrogen-bond acceptors (Lipinski definition) is 3. The molecule has 6 heteroatoms. The van der Waals surface area contributed by atoms with Crippen molar-refractivity contribution in [2.75, 3.05) is 11.9 Å². The van der Waals surface area contributed by atoms with Crippen molar-refractivity contribution in [3.05, 3.63) is 39.9 Å². The van der Waals surface area contributed by atoms with Crippen LogP contribution in [0.5, 0.6) is 0 Å². The summed E-state index contributed by atoms with van der Waals surface area (Å²) in [6.45, 7) is 4.50. The van der Waals surface area contributed by atoms with E-state index in [2.05, 4.69) is 15.9 Å². The highest BCUT2D eigenvalue weighted by atomic mass is 79.9. The second kappa shape index (κ2) is 7.23. The van der Waals surface area contributed by atoms with Gasteiger partial charge >= 0.3 is 0 Å². The molecule has 0 unspecified atom stereocenters. The van der Waals surface area contributed by atoms with Crippen LogP contribution in [0.15, 0.2) is 24.3 Å². The van der Waals surface area contributed by atoms with E-state index in [0.29, 0.717) is 12.1 Å². The zero-order valence-corrected chi connectivity index (χ0v) is 12.6. The topological polar surface area (TPSA) is 63.5 Å². The summed E-state index contributed by atoms with van der Waals surface area (Å²) >= 11 is 3.34. The SMILES string of the molecule is CC(C)N(CCCBr)C(=O)c1cccc([N+](=O)[O-])c1. The molecular formula is C13H17BrN2O3. The summed E-state index contributed by atoms with van der Waals surface area (Å²) in [4.78, 5) is 24.3. The van der Waals surface area contributed by atoms with Gasteiger partial charge in [-0.3, -0.25) is 14.9 Å². The van der Waals surface area contributed by atoms with Gasteiger partial charge in [-0.05, 0) is 26.3 Å². The number of carbonyl (C=O) groups excluding carboxylic acids is 1. The minimum atomic E-state index is -0.491. The van der Waals surface area contributed by atoms with Crippen LogP contribution in [-0.4, -0.2) is 33.6 Å². The Morgan fingerprint density at radius 1 is 1.47 bits per heavy atom. The summed E-state index contributed by atoms with van der Waals surface area (Å²) in [5.41, 5.74) is 0.299. The third-order valence-corrected chi connectivity index (χ3v) is 3.28. The lowest BCUT2D eigenvalue weighted by molar-refractivity contribution is -0.384. The smallest absolute Gasteiger partial charge is 0.270 e. The molecule has 0 N–H and O–H groups in total. The average molecular weight is 329 g/mol. The van der Waals surface area contributed by atoms with E-state index in [1.165, 1.54) is 18.2 Å². The molecule has 1 amide bonds. The first-order chi connectivity index (χ1) is 8.97. The van der Waals surface area contributed by atoms with Gasteiger partial charge in [-0.25, -0.2) is 0 Å². The van der Waals surface area contributed by atoms with Crippen molar-refractivity contribution in [2.45, 2.75) is 26.3 Å². The normalized spacial score (nSPS) is 10.5. The molecule has 0 atom stereocenters. The van der Waals surface area contributed by atoms with Gasteiger partial charge in [0.2, 0.25) is 0 Å². The third kappa shape index (κ3) is 4.31. The van der Waals surface area contributed by atoms with Gasteiger partial charge in [0.1, 0.15) is 0 Å². The van der Waals surface area contributed by atoms with Gasteiger partial charge < -0.3 is 4.90 Å². The van der Waals surface area contributed by atoms with E-state index in [0.717, 1.165) is 11.8 Å². The number of nitro groups is 1. The summed E-state index contributed by atoms with van der Waals surface area (Å²) in [5, 5.41) is 11.5. The van der Waals surface area contributed by atoms with E-state index >= 15 is 0 Å². The van der Waals surface area contributed by atoms with Crippen LogP contribution in [0.1, 0.15) is 30.6 Å². The first kappa shape index (κ1) is 15.6. The Bertz CT molecular complexity index is 463. The van der Waals surface area contributed by atoms with Crippen molar-refractivity contribution in [3.8, 4) is 0 Å². The molecule has 0 spiro atoms. The summed E-state index contributed by atoms with van der Waals surface area (Å²) in [6.07, 6.45) is 0.846. The number of non-ortho nitro benzene ring substituents is 1. The molecule has 1 aromatic rings. The highest BCUT2D eigenvalue weighted by molar-refractivity contribution is 9.09. The first-order valence-corrected chi connectivity index (χ1v) is 7.21. The zero-order valence-electron chi connectivity index (χ0n) is 11.0. The number of nitro benzene ring substituents is 1. The summed E-state index contributed by atoms with van der Waals surface area (Å²) < 4.78 is 0. The highest BCUT2D eigenvalue weighted by Gasteiger charge is 2.20. The Labute approximate surface area is 120 Å². The summed E-state index contributed by atoms with van der Waals surface area (Å²) in [5.74, 6) is -0.167. The number of benzene rings is 1. The lowest BCUT2D eigenvalue weighted by Crippen LogP contribution is -2.37. The molecule has 0 bridgehead atoms. The number of halogens is 1. The molecule has 1 rings (SSSR count). The third-order valence-electron chi connectivity index (χ3n) is 2.72. The molecule has 1 aromatic carbocycles. The van der Waals surface area contributed by atoms with Gasteiger partial charge in [0.25, 0.3) is 11.6 Å². The maximum absolute atomic E-state index is 12.4. The Hall–Kier alpha value is -1.43. The summed E-state index contributed by atoms with van der Waals surface area (Å²) in [7, 11) is 0. The molecule has 0 heterocycles. The van der Waals surface area contributed by atoms with Crippen LogP contribution in [0.25, 0.3) is 0 Å². The molecule has 0 aliphatic heterocycles. The molecule has 0 aromatic heterocycles. The van der Waals surface area contributed by atoms with Crippen LogP contribution in [-0.2, 0) is 0 Å². The lowest BCUT2D eigenvalue weighted by atomic mass is 10.1. The van der Waals surface area contributed by atoms with Crippen molar-refractivity contribution in [1.82, 2.24) is 4.90 Å². The van der Waals surface area contributed by atoms with E-state index in [4.69, 9.17) is 0 Å². The molecular weight excluding hydrogens is 312 g/mol. The van der Waals surface area contributed by atoms with Gasteiger partial charge in [-0.1, -0.05) is 22.0 Å². The van der Waals surface area contributed by atoms with Crippen LogP contribution in [0.4, 0.5) is 5.69 Å². The average Bonchev–Trinajstić information content (AvgIpc) is 2.38. The highest BCUT2D eigenvalue weighted by Crippen LogP contribution is 2.16. The number of carbonyl (C=O) groups is 1. The molecule has 104 valence electrons. The predicted molar refractivity (Wildman–Crippen MR) is 77.7 cm³/mol. The van der Waals surface area contributed by atoms with E-state index in [1.54, 1.807) is 11.0 Å². The fourth-order valence-corrected chi connectivity index (χ4v) is 1.99. The molecule has 0 saturated heterocycles. The fourth-order valence-electron chi connectivity index (χ4n) is 1.74. The number of alkyl halides is 1. The second-order valence-electron chi connectivity index (χ2n) is 4.44. The Morgan fingerprint density at radius 2 is 2.16 bits per heavy atom. The van der Waals surface area contributed by atoms with Crippen LogP contribution in [0, 0.1) is 10.1 Å². The van der Waals surface area contributed by atoms with E-state index in [1.807, 2.05) is 13.8 Å². The Kier molecular flexibility index (Phi) is 5.95. The number of nitrogens with zero attached hydrogens (tertiary/aromatic N) is 2. The minimum Gasteiger partial charge on any atom is -0.336 e. The number of rotatable bonds is 6. The predicted octanol–water partition coefficient (Wildman–Crippen LogP) is 3.23. The number of hydrogen-bond donors (Lipinski definition) is 0. The van der Waals surface area contributed by atoms with Crippen molar-refractivity contribution in [2.24, 2.45) is 0 Å². The molecule has 5 nitrogen and oxygen atoms in total. The molecule has 0 aliphatic carbocycles. The van der Waals surface area contributed by atoms with Gasteiger partial charge in [0.05, 0.1) is 4.92 Å². The van der Waals surface area contributed by atoms with E-state index < -0.39 is 4.92 Å². The number of amides is 1. The molecule has 0 radical (unpaired) electrons. The van der Waals surface area contributed by atoms with Crippen LogP contribution < -0.4 is 0 Å².